The van der Waals surface area contributed by atoms with Crippen LogP contribution >= 0.6 is 0 Å². The number of rotatable bonds is 2. The molecule has 0 N–H and O–H groups in total. The lowest BCUT2D eigenvalue weighted by molar-refractivity contribution is 0.0985. The van der Waals surface area contributed by atoms with Crippen LogP contribution in [0.25, 0.3) is 0 Å². The maximum Gasteiger partial charge on any atom is 0.258 e. The highest BCUT2D eigenvalue weighted by Crippen LogP contribution is 2.28. The van der Waals surface area contributed by atoms with Crippen molar-refractivity contribution in [3.63, 3.8) is 0 Å². The molecule has 3 nitrogen and oxygen atoms in total. The van der Waals surface area contributed by atoms with E-state index in [0.717, 1.165) is 43.7 Å². The zero-order valence-electron chi connectivity index (χ0n) is 13.4. The molecule has 0 spiro atoms. The molecule has 0 atom stereocenters. The lowest BCUT2D eigenvalue weighted by Crippen LogP contribution is -2.35. The Balaban J connectivity index is 1.57. The third kappa shape index (κ3) is 2.72. The minimum absolute atomic E-state index is 0.116. The SMILES string of the molecule is O=C(c1ccc(N2CCCC2)cc1)N1CCCc2ccccc21. The van der Waals surface area contributed by atoms with Crippen LogP contribution in [-0.2, 0) is 6.42 Å². The molecule has 0 aliphatic carbocycles. The first-order valence-corrected chi connectivity index (χ1v) is 8.58. The first-order valence-electron chi connectivity index (χ1n) is 8.58. The monoisotopic (exact) mass is 306 g/mol. The molecule has 0 bridgehead atoms. The summed E-state index contributed by atoms with van der Waals surface area (Å²) >= 11 is 0. The summed E-state index contributed by atoms with van der Waals surface area (Å²) in [7, 11) is 0. The van der Waals surface area contributed by atoms with Gasteiger partial charge in [0.1, 0.15) is 0 Å². The number of amides is 1. The number of aryl methyl sites for hydroxylation is 1. The van der Waals surface area contributed by atoms with Gasteiger partial charge in [-0.15, -0.1) is 0 Å². The topological polar surface area (TPSA) is 23.6 Å². The van der Waals surface area contributed by atoms with Gasteiger partial charge in [0.05, 0.1) is 0 Å². The lowest BCUT2D eigenvalue weighted by Gasteiger charge is -2.29. The Morgan fingerprint density at radius 3 is 2.35 bits per heavy atom. The van der Waals surface area contributed by atoms with Crippen LogP contribution in [0.15, 0.2) is 48.5 Å². The molecule has 0 unspecified atom stereocenters. The van der Waals surface area contributed by atoms with Crippen LogP contribution in [0, 0.1) is 0 Å². The van der Waals surface area contributed by atoms with E-state index in [4.69, 9.17) is 0 Å². The third-order valence-electron chi connectivity index (χ3n) is 4.94. The summed E-state index contributed by atoms with van der Waals surface area (Å²) in [5.41, 5.74) is 4.37. The first-order chi connectivity index (χ1) is 11.3. The van der Waals surface area contributed by atoms with Gasteiger partial charge < -0.3 is 9.80 Å². The molecule has 23 heavy (non-hydrogen) atoms. The molecule has 1 fully saturated rings. The average Bonchev–Trinajstić information content (AvgIpc) is 3.15. The molecule has 2 heterocycles. The van der Waals surface area contributed by atoms with E-state index in [1.807, 2.05) is 23.1 Å². The van der Waals surface area contributed by atoms with Gasteiger partial charge in [-0.05, 0) is 61.6 Å². The Labute approximate surface area is 137 Å². The molecule has 118 valence electrons. The van der Waals surface area contributed by atoms with E-state index in [1.54, 1.807) is 0 Å². The molecule has 0 radical (unpaired) electrons. The smallest absolute Gasteiger partial charge is 0.258 e. The van der Waals surface area contributed by atoms with Gasteiger partial charge in [-0.2, -0.15) is 0 Å². The van der Waals surface area contributed by atoms with E-state index in [1.165, 1.54) is 24.1 Å². The Kier molecular flexibility index (Phi) is 3.78. The highest BCUT2D eigenvalue weighted by molar-refractivity contribution is 6.06. The molecule has 0 saturated carbocycles. The van der Waals surface area contributed by atoms with Gasteiger partial charge in [0.15, 0.2) is 0 Å². The predicted molar refractivity (Wildman–Crippen MR) is 94.3 cm³/mol. The largest absolute Gasteiger partial charge is 0.372 e. The van der Waals surface area contributed by atoms with Crippen molar-refractivity contribution in [3.05, 3.63) is 59.7 Å². The number of carbonyl (C=O) groups excluding carboxylic acids is 1. The van der Waals surface area contributed by atoms with E-state index < -0.39 is 0 Å². The van der Waals surface area contributed by atoms with Gasteiger partial charge in [-0.1, -0.05) is 18.2 Å². The molecule has 4 rings (SSSR count). The molecule has 1 saturated heterocycles. The van der Waals surface area contributed by atoms with Gasteiger partial charge in [-0.25, -0.2) is 0 Å². The molecular weight excluding hydrogens is 284 g/mol. The van der Waals surface area contributed by atoms with Crippen LogP contribution in [0.4, 0.5) is 11.4 Å². The van der Waals surface area contributed by atoms with E-state index >= 15 is 0 Å². The second kappa shape index (κ2) is 6.07. The first kappa shape index (κ1) is 14.3. The van der Waals surface area contributed by atoms with Gasteiger partial charge in [0.25, 0.3) is 5.91 Å². The summed E-state index contributed by atoms with van der Waals surface area (Å²) < 4.78 is 0. The minimum Gasteiger partial charge on any atom is -0.372 e. The van der Waals surface area contributed by atoms with E-state index in [9.17, 15) is 4.79 Å². The summed E-state index contributed by atoms with van der Waals surface area (Å²) in [6, 6.07) is 16.4. The van der Waals surface area contributed by atoms with Crippen LogP contribution < -0.4 is 9.80 Å². The number of benzene rings is 2. The van der Waals surface area contributed by atoms with Crippen molar-refractivity contribution in [1.29, 1.82) is 0 Å². The van der Waals surface area contributed by atoms with Crippen LogP contribution in [0.2, 0.25) is 0 Å². The second-order valence-corrected chi connectivity index (χ2v) is 6.43. The van der Waals surface area contributed by atoms with Crippen LogP contribution in [-0.4, -0.2) is 25.5 Å². The fourth-order valence-electron chi connectivity index (χ4n) is 3.69. The predicted octanol–water partition coefficient (Wildman–Crippen LogP) is 3.88. The zero-order chi connectivity index (χ0) is 15.6. The van der Waals surface area contributed by atoms with Crippen LogP contribution in [0.1, 0.15) is 35.2 Å². The standard InChI is InChI=1S/C20H22N2O/c23-20(22-15-5-7-16-6-1-2-8-19(16)22)17-9-11-18(12-10-17)21-13-3-4-14-21/h1-2,6,8-12H,3-5,7,13-15H2. The summed E-state index contributed by atoms with van der Waals surface area (Å²) in [4.78, 5) is 17.2. The Morgan fingerprint density at radius 2 is 1.57 bits per heavy atom. The third-order valence-corrected chi connectivity index (χ3v) is 4.94. The van der Waals surface area contributed by atoms with Crippen LogP contribution in [0.3, 0.4) is 0 Å². The molecule has 2 aromatic rings. The molecule has 3 heteroatoms. The van der Waals surface area contributed by atoms with Crippen molar-refractivity contribution in [2.75, 3.05) is 29.4 Å². The van der Waals surface area contributed by atoms with Crippen molar-refractivity contribution in [3.8, 4) is 0 Å². The van der Waals surface area contributed by atoms with Crippen molar-refractivity contribution >= 4 is 17.3 Å². The van der Waals surface area contributed by atoms with Gasteiger partial charge in [0.2, 0.25) is 0 Å². The Bertz CT molecular complexity index is 702. The van der Waals surface area contributed by atoms with Crippen molar-refractivity contribution in [1.82, 2.24) is 0 Å². The number of hydrogen-bond donors (Lipinski definition) is 0. The Hall–Kier alpha value is -2.29. The number of para-hydroxylation sites is 1. The molecule has 0 aromatic heterocycles. The molecule has 2 aromatic carbocycles. The highest BCUT2D eigenvalue weighted by Gasteiger charge is 2.23. The van der Waals surface area contributed by atoms with Gasteiger partial charge >= 0.3 is 0 Å². The quantitative estimate of drug-likeness (QED) is 0.840. The summed E-state index contributed by atoms with van der Waals surface area (Å²) in [6.07, 6.45) is 4.64. The molecular formula is C20H22N2O. The fourth-order valence-corrected chi connectivity index (χ4v) is 3.69. The average molecular weight is 306 g/mol. The van der Waals surface area contributed by atoms with Crippen molar-refractivity contribution in [2.24, 2.45) is 0 Å². The highest BCUT2D eigenvalue weighted by atomic mass is 16.2. The molecule has 2 aliphatic rings. The zero-order valence-corrected chi connectivity index (χ0v) is 13.4. The molecule has 2 aliphatic heterocycles. The lowest BCUT2D eigenvalue weighted by atomic mass is 10.0. The second-order valence-electron chi connectivity index (χ2n) is 6.43. The number of nitrogens with zero attached hydrogens (tertiary/aromatic N) is 2. The summed E-state index contributed by atoms with van der Waals surface area (Å²) in [5.74, 6) is 0.116. The van der Waals surface area contributed by atoms with E-state index in [0.29, 0.717) is 0 Å². The molecule has 1 amide bonds. The van der Waals surface area contributed by atoms with Gasteiger partial charge in [0, 0.05) is 36.6 Å². The van der Waals surface area contributed by atoms with Crippen molar-refractivity contribution < 1.29 is 4.79 Å². The normalized spacial score (nSPS) is 17.2. The fraction of sp³-hybridized carbons (Fsp3) is 0.350. The van der Waals surface area contributed by atoms with E-state index in [2.05, 4.69) is 35.2 Å². The Morgan fingerprint density at radius 1 is 0.826 bits per heavy atom. The summed E-state index contributed by atoms with van der Waals surface area (Å²) in [6.45, 7) is 3.07. The number of hydrogen-bond acceptors (Lipinski definition) is 2. The van der Waals surface area contributed by atoms with E-state index in [-0.39, 0.29) is 5.91 Å². The maximum atomic E-state index is 12.9. The maximum absolute atomic E-state index is 12.9. The summed E-state index contributed by atoms with van der Waals surface area (Å²) in [5, 5.41) is 0. The van der Waals surface area contributed by atoms with Gasteiger partial charge in [-0.3, -0.25) is 4.79 Å². The van der Waals surface area contributed by atoms with Crippen LogP contribution in [0.5, 0.6) is 0 Å². The number of fused-ring (bicyclic) bond motifs is 1. The number of carbonyl (C=O) groups is 1. The van der Waals surface area contributed by atoms with Crippen molar-refractivity contribution in [2.45, 2.75) is 25.7 Å². The number of anilines is 2. The minimum atomic E-state index is 0.116.